The maximum atomic E-state index is 13.8. The summed E-state index contributed by atoms with van der Waals surface area (Å²) in [4.78, 5) is 21.1. The summed E-state index contributed by atoms with van der Waals surface area (Å²) in [6.07, 6.45) is -4.61. The van der Waals surface area contributed by atoms with Crippen molar-refractivity contribution in [3.63, 3.8) is 0 Å². The summed E-state index contributed by atoms with van der Waals surface area (Å²) < 4.78 is 46.9. The van der Waals surface area contributed by atoms with E-state index in [4.69, 9.17) is 4.74 Å². The van der Waals surface area contributed by atoms with E-state index in [9.17, 15) is 18.0 Å². The molecule has 0 spiro atoms. The Morgan fingerprint density at radius 1 is 1.12 bits per heavy atom. The van der Waals surface area contributed by atoms with Gasteiger partial charge in [0.2, 0.25) is 0 Å². The molecule has 4 rings (SSSR count). The lowest BCUT2D eigenvalue weighted by atomic mass is 10.1. The Morgan fingerprint density at radius 3 is 2.47 bits per heavy atom. The number of benzene rings is 2. The van der Waals surface area contributed by atoms with Gasteiger partial charge in [-0.2, -0.15) is 13.2 Å². The first-order valence-electron chi connectivity index (χ1n) is 10.9. The first kappa shape index (κ1) is 24.0. The molecule has 1 amide bonds. The zero-order chi connectivity index (χ0) is 24.3. The molecule has 0 radical (unpaired) electrons. The van der Waals surface area contributed by atoms with Crippen LogP contribution in [0.3, 0.4) is 0 Å². The van der Waals surface area contributed by atoms with Crippen LogP contribution in [0.1, 0.15) is 23.0 Å². The predicted molar refractivity (Wildman–Crippen MR) is 128 cm³/mol. The average Bonchev–Trinajstić information content (AvgIpc) is 3.30. The van der Waals surface area contributed by atoms with Crippen LogP contribution in [0.5, 0.6) is 5.75 Å². The number of rotatable bonds is 6. The first-order valence-corrected chi connectivity index (χ1v) is 11.8. The van der Waals surface area contributed by atoms with E-state index in [2.05, 4.69) is 15.2 Å². The highest BCUT2D eigenvalue weighted by Gasteiger charge is 2.35. The third kappa shape index (κ3) is 5.51. The minimum Gasteiger partial charge on any atom is -0.494 e. The Hall–Kier alpha value is -3.11. The van der Waals surface area contributed by atoms with Crippen molar-refractivity contribution in [2.45, 2.75) is 13.1 Å². The van der Waals surface area contributed by atoms with Crippen molar-refractivity contribution in [1.29, 1.82) is 0 Å². The fourth-order valence-electron chi connectivity index (χ4n) is 3.69. The fraction of sp³-hybridized carbons (Fsp3) is 0.333. The number of piperazine rings is 1. The number of carbonyl (C=O) groups excluding carboxylic acids is 1. The number of hydrogen-bond donors (Lipinski definition) is 1. The van der Waals surface area contributed by atoms with Crippen LogP contribution in [0.15, 0.2) is 47.8 Å². The smallest absolute Gasteiger partial charge is 0.418 e. The van der Waals surface area contributed by atoms with Crippen LogP contribution in [0.2, 0.25) is 0 Å². The number of anilines is 2. The van der Waals surface area contributed by atoms with Crippen molar-refractivity contribution in [2.24, 2.45) is 0 Å². The number of aromatic nitrogens is 1. The lowest BCUT2D eigenvalue weighted by molar-refractivity contribution is -0.136. The molecule has 3 aromatic rings. The van der Waals surface area contributed by atoms with E-state index >= 15 is 0 Å². The zero-order valence-corrected chi connectivity index (χ0v) is 19.7. The zero-order valence-electron chi connectivity index (χ0n) is 18.9. The van der Waals surface area contributed by atoms with Crippen molar-refractivity contribution >= 4 is 28.6 Å². The SMILES string of the molecule is CCOc1ccc(-c2nc(C(=O)Nc3ccc(N4CCN(C)CC4)cc3C(F)(F)F)cs2)cc1. The van der Waals surface area contributed by atoms with Gasteiger partial charge in [-0.15, -0.1) is 11.3 Å². The molecule has 2 heterocycles. The summed E-state index contributed by atoms with van der Waals surface area (Å²) in [6, 6.07) is 11.3. The van der Waals surface area contributed by atoms with Gasteiger partial charge in [0.05, 0.1) is 17.9 Å². The molecule has 10 heteroatoms. The van der Waals surface area contributed by atoms with Crippen molar-refractivity contribution in [3.8, 4) is 16.3 Å². The monoisotopic (exact) mass is 490 g/mol. The molecular formula is C24H25F3N4O2S. The van der Waals surface area contributed by atoms with Gasteiger partial charge >= 0.3 is 6.18 Å². The van der Waals surface area contributed by atoms with Gasteiger partial charge in [-0.3, -0.25) is 4.79 Å². The summed E-state index contributed by atoms with van der Waals surface area (Å²) in [5, 5.41) is 4.53. The highest BCUT2D eigenvalue weighted by Crippen LogP contribution is 2.38. The van der Waals surface area contributed by atoms with Gasteiger partial charge in [0, 0.05) is 42.8 Å². The second-order valence-corrected chi connectivity index (χ2v) is 8.83. The molecule has 0 bridgehead atoms. The molecule has 0 saturated carbocycles. The van der Waals surface area contributed by atoms with Crippen LogP contribution in [-0.2, 0) is 6.18 Å². The number of alkyl halides is 3. The van der Waals surface area contributed by atoms with Gasteiger partial charge in [-0.05, 0) is 56.4 Å². The second kappa shape index (κ2) is 10.0. The number of hydrogen-bond acceptors (Lipinski definition) is 6. The van der Waals surface area contributed by atoms with Crippen LogP contribution < -0.4 is 15.0 Å². The van der Waals surface area contributed by atoms with E-state index in [1.807, 2.05) is 31.0 Å². The maximum Gasteiger partial charge on any atom is 0.418 e. The minimum absolute atomic E-state index is 0.0603. The fourth-order valence-corrected chi connectivity index (χ4v) is 4.50. The molecule has 34 heavy (non-hydrogen) atoms. The summed E-state index contributed by atoms with van der Waals surface area (Å²) in [5.41, 5.74) is 0.181. The van der Waals surface area contributed by atoms with Crippen LogP contribution in [0, 0.1) is 0 Å². The molecule has 2 aromatic carbocycles. The Bertz CT molecular complexity index is 1140. The molecule has 180 valence electrons. The molecule has 1 fully saturated rings. The molecule has 6 nitrogen and oxygen atoms in total. The summed E-state index contributed by atoms with van der Waals surface area (Å²) in [6.45, 7) is 5.29. The molecule has 1 saturated heterocycles. The summed E-state index contributed by atoms with van der Waals surface area (Å²) in [5.74, 6) is 0.0340. The average molecular weight is 491 g/mol. The number of halogens is 3. The van der Waals surface area contributed by atoms with Crippen LogP contribution in [0.4, 0.5) is 24.5 Å². The second-order valence-electron chi connectivity index (χ2n) is 7.97. The number of ether oxygens (including phenoxy) is 1. The standard InChI is InChI=1S/C24H25F3N4O2S/c1-3-33-18-7-4-16(5-8-18)23-29-21(15-34-23)22(32)28-20-9-6-17(14-19(20)24(25,26)27)31-12-10-30(2)11-13-31/h4-9,14-15H,3,10-13H2,1-2H3,(H,28,32). The first-order chi connectivity index (χ1) is 16.2. The molecular weight excluding hydrogens is 465 g/mol. The van der Waals surface area contributed by atoms with Crippen molar-refractivity contribution < 1.29 is 22.7 Å². The lowest BCUT2D eigenvalue weighted by Crippen LogP contribution is -2.44. The van der Waals surface area contributed by atoms with Crippen LogP contribution in [0.25, 0.3) is 10.6 Å². The van der Waals surface area contributed by atoms with Gasteiger partial charge in [-0.1, -0.05) is 0 Å². The van der Waals surface area contributed by atoms with Crippen molar-refractivity contribution in [1.82, 2.24) is 9.88 Å². The molecule has 1 N–H and O–H groups in total. The Kier molecular flexibility index (Phi) is 7.08. The Labute approximate surface area is 200 Å². The summed E-state index contributed by atoms with van der Waals surface area (Å²) in [7, 11) is 1.98. The number of carbonyl (C=O) groups is 1. The van der Waals surface area contributed by atoms with E-state index in [0.29, 0.717) is 30.4 Å². The predicted octanol–water partition coefficient (Wildman–Crippen LogP) is 5.23. The van der Waals surface area contributed by atoms with Crippen LogP contribution in [-0.4, -0.2) is 55.6 Å². The lowest BCUT2D eigenvalue weighted by Gasteiger charge is -2.34. The largest absolute Gasteiger partial charge is 0.494 e. The van der Waals surface area contributed by atoms with Gasteiger partial charge < -0.3 is 19.9 Å². The van der Waals surface area contributed by atoms with Crippen LogP contribution >= 0.6 is 11.3 Å². The van der Waals surface area contributed by atoms with E-state index in [-0.39, 0.29) is 11.4 Å². The number of nitrogens with zero attached hydrogens (tertiary/aromatic N) is 3. The molecule has 0 unspecified atom stereocenters. The molecule has 1 aliphatic heterocycles. The van der Waals surface area contributed by atoms with E-state index in [1.54, 1.807) is 18.2 Å². The molecule has 1 aliphatic rings. The van der Waals surface area contributed by atoms with Crippen molar-refractivity contribution in [3.05, 3.63) is 59.1 Å². The topological polar surface area (TPSA) is 57.7 Å². The van der Waals surface area contributed by atoms with E-state index < -0.39 is 17.6 Å². The number of nitrogens with one attached hydrogen (secondary N) is 1. The maximum absolute atomic E-state index is 13.8. The van der Waals surface area contributed by atoms with Gasteiger partial charge in [0.1, 0.15) is 16.5 Å². The van der Waals surface area contributed by atoms with Gasteiger partial charge in [0.25, 0.3) is 5.91 Å². The minimum atomic E-state index is -4.61. The normalized spacial score (nSPS) is 14.8. The Morgan fingerprint density at radius 2 is 1.82 bits per heavy atom. The highest BCUT2D eigenvalue weighted by atomic mass is 32.1. The van der Waals surface area contributed by atoms with Gasteiger partial charge in [0.15, 0.2) is 0 Å². The number of likely N-dealkylation sites (N-methyl/N-ethyl adjacent to an activating group) is 1. The highest BCUT2D eigenvalue weighted by molar-refractivity contribution is 7.13. The third-order valence-electron chi connectivity index (χ3n) is 5.57. The van der Waals surface area contributed by atoms with E-state index in [1.165, 1.54) is 22.8 Å². The third-order valence-corrected chi connectivity index (χ3v) is 6.47. The van der Waals surface area contributed by atoms with Gasteiger partial charge in [-0.25, -0.2) is 4.98 Å². The molecule has 1 aromatic heterocycles. The Balaban J connectivity index is 1.52. The number of amides is 1. The quantitative estimate of drug-likeness (QED) is 0.513. The summed E-state index contributed by atoms with van der Waals surface area (Å²) >= 11 is 1.25. The van der Waals surface area contributed by atoms with Crippen molar-refractivity contribution in [2.75, 3.05) is 50.1 Å². The number of thiazole rings is 1. The van der Waals surface area contributed by atoms with E-state index in [0.717, 1.165) is 30.5 Å². The molecule has 0 atom stereocenters. The molecule has 0 aliphatic carbocycles.